The van der Waals surface area contributed by atoms with E-state index < -0.39 is 0 Å². The number of carbonyl (C=O) groups excluding carboxylic acids is 2. The Balaban J connectivity index is 1.91. The summed E-state index contributed by atoms with van der Waals surface area (Å²) in [6.45, 7) is 11.3. The summed E-state index contributed by atoms with van der Waals surface area (Å²) in [7, 11) is 0. The zero-order valence-electron chi connectivity index (χ0n) is 16.3. The van der Waals surface area contributed by atoms with Gasteiger partial charge in [-0.1, -0.05) is 57.5 Å². The molecule has 0 spiro atoms. The molecule has 1 fully saturated rings. The van der Waals surface area contributed by atoms with E-state index in [1.165, 1.54) is 5.56 Å². The van der Waals surface area contributed by atoms with Gasteiger partial charge in [0.15, 0.2) is 0 Å². The second-order valence-corrected chi connectivity index (χ2v) is 8.20. The summed E-state index contributed by atoms with van der Waals surface area (Å²) in [6.07, 6.45) is 2.37. The molecular formula is C21H32N2O2. The lowest BCUT2D eigenvalue weighted by atomic mass is 9.90. The Labute approximate surface area is 152 Å². The summed E-state index contributed by atoms with van der Waals surface area (Å²) in [5, 5.41) is 3.20. The second kappa shape index (κ2) is 8.03. The average molecular weight is 344 g/mol. The smallest absolute Gasteiger partial charge is 0.227 e. The lowest BCUT2D eigenvalue weighted by Gasteiger charge is -2.35. The second-order valence-electron chi connectivity index (χ2n) is 8.20. The molecule has 1 aromatic rings. The molecule has 2 rings (SSSR count). The highest BCUT2D eigenvalue weighted by Gasteiger charge is 2.32. The predicted octanol–water partition coefficient (Wildman–Crippen LogP) is 3.85. The van der Waals surface area contributed by atoms with E-state index in [1.54, 1.807) is 0 Å². The van der Waals surface area contributed by atoms with E-state index in [1.807, 2.05) is 25.7 Å². The fourth-order valence-electron chi connectivity index (χ4n) is 3.33. The van der Waals surface area contributed by atoms with Crippen LogP contribution in [0.5, 0.6) is 0 Å². The summed E-state index contributed by atoms with van der Waals surface area (Å²) in [4.78, 5) is 26.9. The number of likely N-dealkylation sites (tertiary alicyclic amines) is 1. The Kier molecular flexibility index (Phi) is 6.26. The molecule has 0 aromatic heterocycles. The third-order valence-electron chi connectivity index (χ3n) is 5.00. The number of benzene rings is 1. The van der Waals surface area contributed by atoms with E-state index >= 15 is 0 Å². The van der Waals surface area contributed by atoms with Crippen LogP contribution in [0.2, 0.25) is 0 Å². The van der Waals surface area contributed by atoms with Crippen LogP contribution in [0.1, 0.15) is 64.1 Å². The molecule has 1 unspecified atom stereocenters. The van der Waals surface area contributed by atoms with E-state index in [0.29, 0.717) is 13.1 Å². The van der Waals surface area contributed by atoms with Gasteiger partial charge in [-0.3, -0.25) is 9.59 Å². The molecule has 1 aliphatic rings. The Morgan fingerprint density at radius 2 is 1.72 bits per heavy atom. The molecule has 1 heterocycles. The van der Waals surface area contributed by atoms with Gasteiger partial charge in [0.25, 0.3) is 0 Å². The van der Waals surface area contributed by atoms with Gasteiger partial charge in [0.1, 0.15) is 0 Å². The lowest BCUT2D eigenvalue weighted by molar-refractivity contribution is -0.142. The standard InChI is InChI=1S/C21H32N2O2/c1-6-18(16-9-7-15(2)8-10-16)22-19(24)17-11-13-23(14-12-17)20(25)21(3,4)5/h7-10,17-18H,6,11-14H2,1-5H3,(H,22,24). The molecular weight excluding hydrogens is 312 g/mol. The molecule has 0 bridgehead atoms. The van der Waals surface area contributed by atoms with Gasteiger partial charge in [0.2, 0.25) is 11.8 Å². The summed E-state index contributed by atoms with van der Waals surface area (Å²) >= 11 is 0. The van der Waals surface area contributed by atoms with Crippen LogP contribution >= 0.6 is 0 Å². The normalized spacial score (nSPS) is 17.2. The monoisotopic (exact) mass is 344 g/mol. The van der Waals surface area contributed by atoms with Crippen LogP contribution in [-0.4, -0.2) is 29.8 Å². The van der Waals surface area contributed by atoms with Crippen LogP contribution in [0.15, 0.2) is 24.3 Å². The van der Waals surface area contributed by atoms with Gasteiger partial charge in [-0.05, 0) is 31.7 Å². The number of amides is 2. The van der Waals surface area contributed by atoms with E-state index in [9.17, 15) is 9.59 Å². The van der Waals surface area contributed by atoms with Crippen molar-refractivity contribution in [2.45, 2.75) is 59.9 Å². The molecule has 1 atom stereocenters. The van der Waals surface area contributed by atoms with Crippen molar-refractivity contribution < 1.29 is 9.59 Å². The van der Waals surface area contributed by atoms with Crippen LogP contribution in [0.25, 0.3) is 0 Å². The molecule has 1 aromatic carbocycles. The van der Waals surface area contributed by atoms with E-state index in [4.69, 9.17) is 0 Å². The van der Waals surface area contributed by atoms with Gasteiger partial charge in [0.05, 0.1) is 6.04 Å². The van der Waals surface area contributed by atoms with Crippen molar-refractivity contribution in [3.63, 3.8) is 0 Å². The van der Waals surface area contributed by atoms with Crippen LogP contribution in [0.4, 0.5) is 0 Å². The van der Waals surface area contributed by atoms with Crippen molar-refractivity contribution in [1.82, 2.24) is 10.2 Å². The molecule has 4 nitrogen and oxygen atoms in total. The number of hydrogen-bond donors (Lipinski definition) is 1. The van der Waals surface area contributed by atoms with Gasteiger partial charge < -0.3 is 10.2 Å². The maximum absolute atomic E-state index is 12.7. The summed E-state index contributed by atoms with van der Waals surface area (Å²) in [5.74, 6) is 0.302. The number of hydrogen-bond acceptors (Lipinski definition) is 2. The van der Waals surface area contributed by atoms with Gasteiger partial charge >= 0.3 is 0 Å². The van der Waals surface area contributed by atoms with Gasteiger partial charge in [-0.15, -0.1) is 0 Å². The van der Waals surface area contributed by atoms with Crippen molar-refractivity contribution in [2.24, 2.45) is 11.3 Å². The molecule has 4 heteroatoms. The Bertz CT molecular complexity index is 593. The zero-order valence-corrected chi connectivity index (χ0v) is 16.3. The van der Waals surface area contributed by atoms with Crippen molar-refractivity contribution >= 4 is 11.8 Å². The Morgan fingerprint density at radius 3 is 2.20 bits per heavy atom. The fraction of sp³-hybridized carbons (Fsp3) is 0.619. The van der Waals surface area contributed by atoms with Gasteiger partial charge in [-0.25, -0.2) is 0 Å². The van der Waals surface area contributed by atoms with E-state index in [2.05, 4.69) is 43.4 Å². The first-order valence-corrected chi connectivity index (χ1v) is 9.38. The topological polar surface area (TPSA) is 49.4 Å². The maximum Gasteiger partial charge on any atom is 0.227 e. The number of aryl methyl sites for hydroxylation is 1. The molecule has 138 valence electrons. The minimum absolute atomic E-state index is 0.00326. The average Bonchev–Trinajstić information content (AvgIpc) is 2.59. The third kappa shape index (κ3) is 5.07. The largest absolute Gasteiger partial charge is 0.349 e. The highest BCUT2D eigenvalue weighted by molar-refractivity contribution is 5.83. The van der Waals surface area contributed by atoms with Crippen LogP contribution in [0, 0.1) is 18.3 Å². The van der Waals surface area contributed by atoms with Gasteiger partial charge in [-0.2, -0.15) is 0 Å². The molecule has 1 N–H and O–H groups in total. The van der Waals surface area contributed by atoms with Crippen LogP contribution in [0.3, 0.4) is 0 Å². The van der Waals surface area contributed by atoms with Gasteiger partial charge in [0, 0.05) is 24.4 Å². The number of nitrogens with one attached hydrogen (secondary N) is 1. The Hall–Kier alpha value is -1.84. The molecule has 0 saturated carbocycles. The molecule has 1 aliphatic heterocycles. The van der Waals surface area contributed by atoms with E-state index in [-0.39, 0.29) is 29.2 Å². The number of nitrogens with zero attached hydrogens (tertiary/aromatic N) is 1. The van der Waals surface area contributed by atoms with Crippen LogP contribution in [-0.2, 0) is 9.59 Å². The fourth-order valence-corrected chi connectivity index (χ4v) is 3.33. The zero-order chi connectivity index (χ0) is 18.6. The molecule has 1 saturated heterocycles. The summed E-state index contributed by atoms with van der Waals surface area (Å²) in [5.41, 5.74) is 2.02. The van der Waals surface area contributed by atoms with Crippen LogP contribution < -0.4 is 5.32 Å². The first-order chi connectivity index (χ1) is 11.7. The lowest BCUT2D eigenvalue weighted by Crippen LogP contribution is -2.47. The maximum atomic E-state index is 12.7. The highest BCUT2D eigenvalue weighted by atomic mass is 16.2. The number of carbonyl (C=O) groups is 2. The summed E-state index contributed by atoms with van der Waals surface area (Å²) in [6, 6.07) is 8.41. The summed E-state index contributed by atoms with van der Waals surface area (Å²) < 4.78 is 0. The minimum Gasteiger partial charge on any atom is -0.349 e. The Morgan fingerprint density at radius 1 is 1.16 bits per heavy atom. The highest BCUT2D eigenvalue weighted by Crippen LogP contribution is 2.25. The molecule has 0 radical (unpaired) electrons. The quantitative estimate of drug-likeness (QED) is 0.902. The predicted molar refractivity (Wildman–Crippen MR) is 101 cm³/mol. The van der Waals surface area contributed by atoms with Crippen molar-refractivity contribution in [3.8, 4) is 0 Å². The number of piperidine rings is 1. The van der Waals surface area contributed by atoms with Crippen molar-refractivity contribution in [3.05, 3.63) is 35.4 Å². The number of rotatable bonds is 4. The molecule has 2 amide bonds. The van der Waals surface area contributed by atoms with E-state index in [0.717, 1.165) is 24.8 Å². The minimum atomic E-state index is -0.353. The molecule has 25 heavy (non-hydrogen) atoms. The SMILES string of the molecule is CCC(NC(=O)C1CCN(C(=O)C(C)(C)C)CC1)c1ccc(C)cc1. The third-order valence-corrected chi connectivity index (χ3v) is 5.00. The van der Waals surface area contributed by atoms with Crippen molar-refractivity contribution in [2.75, 3.05) is 13.1 Å². The molecule has 0 aliphatic carbocycles. The first-order valence-electron chi connectivity index (χ1n) is 9.38. The van der Waals surface area contributed by atoms with Crippen molar-refractivity contribution in [1.29, 1.82) is 0 Å². The first kappa shape index (κ1) is 19.5.